The summed E-state index contributed by atoms with van der Waals surface area (Å²) in [6.07, 6.45) is 0. The van der Waals surface area contributed by atoms with E-state index in [1.165, 1.54) is 11.5 Å². The molecule has 0 saturated heterocycles. The monoisotopic (exact) mass is 221 g/mol. The SMILES string of the molecule is COc1cc(C)ccc1-c1nsc(N)n1. The van der Waals surface area contributed by atoms with E-state index in [2.05, 4.69) is 9.36 Å². The smallest absolute Gasteiger partial charge is 0.200 e. The highest BCUT2D eigenvalue weighted by Crippen LogP contribution is 2.29. The van der Waals surface area contributed by atoms with Crippen molar-refractivity contribution in [3.63, 3.8) is 0 Å². The van der Waals surface area contributed by atoms with Gasteiger partial charge in [-0.2, -0.15) is 9.36 Å². The van der Waals surface area contributed by atoms with Crippen molar-refractivity contribution in [2.45, 2.75) is 6.92 Å². The number of aryl methyl sites for hydroxylation is 1. The lowest BCUT2D eigenvalue weighted by Gasteiger charge is -2.05. The summed E-state index contributed by atoms with van der Waals surface area (Å²) in [6, 6.07) is 5.89. The summed E-state index contributed by atoms with van der Waals surface area (Å²) in [5.41, 5.74) is 7.55. The van der Waals surface area contributed by atoms with Crippen molar-refractivity contribution in [3.05, 3.63) is 23.8 Å². The van der Waals surface area contributed by atoms with Gasteiger partial charge in [0.25, 0.3) is 0 Å². The van der Waals surface area contributed by atoms with Crippen LogP contribution >= 0.6 is 11.5 Å². The second-order valence-electron chi connectivity index (χ2n) is 3.16. The van der Waals surface area contributed by atoms with Gasteiger partial charge in [0.2, 0.25) is 0 Å². The van der Waals surface area contributed by atoms with E-state index in [1.54, 1.807) is 7.11 Å². The number of rotatable bonds is 2. The average Bonchev–Trinajstić information content (AvgIpc) is 2.64. The number of benzene rings is 1. The summed E-state index contributed by atoms with van der Waals surface area (Å²) in [5, 5.41) is 0.465. The Morgan fingerprint density at radius 2 is 2.20 bits per heavy atom. The summed E-state index contributed by atoms with van der Waals surface area (Å²) in [5.74, 6) is 1.39. The first-order valence-corrected chi connectivity index (χ1v) is 5.22. The molecule has 0 aliphatic carbocycles. The minimum absolute atomic E-state index is 0.465. The van der Waals surface area contributed by atoms with Crippen molar-refractivity contribution in [3.8, 4) is 17.1 Å². The summed E-state index contributed by atoms with van der Waals surface area (Å²) >= 11 is 1.18. The van der Waals surface area contributed by atoms with Crippen LogP contribution in [0.3, 0.4) is 0 Å². The van der Waals surface area contributed by atoms with Gasteiger partial charge in [-0.05, 0) is 24.6 Å². The molecule has 0 fully saturated rings. The minimum atomic E-state index is 0.465. The highest BCUT2D eigenvalue weighted by Gasteiger charge is 2.10. The fourth-order valence-electron chi connectivity index (χ4n) is 1.33. The van der Waals surface area contributed by atoms with Crippen LogP contribution in [0.1, 0.15) is 5.56 Å². The number of ether oxygens (including phenoxy) is 1. The minimum Gasteiger partial charge on any atom is -0.496 e. The standard InChI is InChI=1S/C10H11N3OS/c1-6-3-4-7(8(5-6)14-2)9-12-10(11)15-13-9/h3-5H,1-2H3,(H2,11,12,13). The Hall–Kier alpha value is -1.62. The number of hydrogen-bond donors (Lipinski definition) is 1. The molecule has 0 saturated carbocycles. The van der Waals surface area contributed by atoms with Gasteiger partial charge in [0, 0.05) is 11.5 Å². The molecular formula is C10H11N3OS. The van der Waals surface area contributed by atoms with E-state index in [1.807, 2.05) is 25.1 Å². The number of nitrogens with zero attached hydrogens (tertiary/aromatic N) is 2. The van der Waals surface area contributed by atoms with Crippen LogP contribution in [0.15, 0.2) is 18.2 Å². The molecule has 1 aromatic heterocycles. The van der Waals surface area contributed by atoms with Crippen LogP contribution in [0.2, 0.25) is 0 Å². The van der Waals surface area contributed by atoms with Gasteiger partial charge in [-0.25, -0.2) is 0 Å². The molecule has 1 aromatic carbocycles. The molecule has 0 aliphatic heterocycles. The summed E-state index contributed by atoms with van der Waals surface area (Å²) in [6.45, 7) is 2.01. The maximum Gasteiger partial charge on any atom is 0.200 e. The van der Waals surface area contributed by atoms with Crippen LogP contribution in [0.25, 0.3) is 11.4 Å². The van der Waals surface area contributed by atoms with Gasteiger partial charge in [0.15, 0.2) is 11.0 Å². The Morgan fingerprint density at radius 1 is 1.40 bits per heavy atom. The lowest BCUT2D eigenvalue weighted by molar-refractivity contribution is 0.416. The molecule has 0 aliphatic rings. The third-order valence-electron chi connectivity index (χ3n) is 2.04. The van der Waals surface area contributed by atoms with Crippen molar-refractivity contribution in [2.75, 3.05) is 12.8 Å². The highest BCUT2D eigenvalue weighted by atomic mass is 32.1. The van der Waals surface area contributed by atoms with E-state index in [4.69, 9.17) is 10.5 Å². The van der Waals surface area contributed by atoms with Gasteiger partial charge >= 0.3 is 0 Å². The zero-order valence-corrected chi connectivity index (χ0v) is 9.34. The number of anilines is 1. The number of hydrogen-bond acceptors (Lipinski definition) is 5. The molecule has 5 heteroatoms. The van der Waals surface area contributed by atoms with E-state index in [-0.39, 0.29) is 0 Å². The maximum absolute atomic E-state index is 5.54. The van der Waals surface area contributed by atoms with Crippen molar-refractivity contribution in [2.24, 2.45) is 0 Å². The average molecular weight is 221 g/mol. The molecule has 78 valence electrons. The van der Waals surface area contributed by atoms with Crippen LogP contribution in [-0.2, 0) is 0 Å². The fraction of sp³-hybridized carbons (Fsp3) is 0.200. The Morgan fingerprint density at radius 3 is 2.80 bits per heavy atom. The van der Waals surface area contributed by atoms with Gasteiger partial charge in [-0.1, -0.05) is 6.07 Å². The van der Waals surface area contributed by atoms with Crippen LogP contribution < -0.4 is 10.5 Å². The first-order chi connectivity index (χ1) is 7.20. The molecule has 0 atom stereocenters. The van der Waals surface area contributed by atoms with Crippen molar-refractivity contribution < 1.29 is 4.74 Å². The zero-order valence-electron chi connectivity index (χ0n) is 8.52. The molecule has 0 bridgehead atoms. The summed E-state index contributed by atoms with van der Waals surface area (Å²) < 4.78 is 9.42. The molecule has 2 rings (SSSR count). The first-order valence-electron chi connectivity index (χ1n) is 4.45. The third-order valence-corrected chi connectivity index (χ3v) is 2.58. The second kappa shape index (κ2) is 3.86. The molecule has 1 heterocycles. The lowest BCUT2D eigenvalue weighted by Crippen LogP contribution is -1.90. The number of nitrogens with two attached hydrogens (primary N) is 1. The van der Waals surface area contributed by atoms with E-state index < -0.39 is 0 Å². The van der Waals surface area contributed by atoms with E-state index >= 15 is 0 Å². The first kappa shape index (κ1) is 9.92. The normalized spacial score (nSPS) is 10.3. The third kappa shape index (κ3) is 1.92. The van der Waals surface area contributed by atoms with Crippen molar-refractivity contribution >= 4 is 16.7 Å². The Kier molecular flexibility index (Phi) is 2.55. The number of methoxy groups -OCH3 is 1. The van der Waals surface area contributed by atoms with E-state index in [0.29, 0.717) is 11.0 Å². The fourth-order valence-corrected chi connectivity index (χ4v) is 1.77. The van der Waals surface area contributed by atoms with Gasteiger partial charge in [0.05, 0.1) is 12.7 Å². The lowest BCUT2D eigenvalue weighted by atomic mass is 10.1. The van der Waals surface area contributed by atoms with Gasteiger partial charge < -0.3 is 10.5 Å². The van der Waals surface area contributed by atoms with Crippen LogP contribution in [0.5, 0.6) is 5.75 Å². The zero-order chi connectivity index (χ0) is 10.8. The molecule has 2 aromatic rings. The maximum atomic E-state index is 5.54. The van der Waals surface area contributed by atoms with E-state index in [0.717, 1.165) is 16.9 Å². The largest absolute Gasteiger partial charge is 0.496 e. The van der Waals surface area contributed by atoms with Crippen LogP contribution in [0, 0.1) is 6.92 Å². The molecule has 15 heavy (non-hydrogen) atoms. The van der Waals surface area contributed by atoms with Gasteiger partial charge in [-0.3, -0.25) is 0 Å². The Labute approximate surface area is 91.9 Å². The summed E-state index contributed by atoms with van der Waals surface area (Å²) in [7, 11) is 1.63. The van der Waals surface area contributed by atoms with Crippen LogP contribution in [0.4, 0.5) is 5.13 Å². The second-order valence-corrected chi connectivity index (χ2v) is 3.94. The molecule has 2 N–H and O–H groups in total. The predicted octanol–water partition coefficient (Wildman–Crippen LogP) is 2.10. The molecule has 0 radical (unpaired) electrons. The van der Waals surface area contributed by atoms with E-state index in [9.17, 15) is 0 Å². The Bertz CT molecular complexity index is 481. The number of nitrogen functional groups attached to an aromatic ring is 1. The quantitative estimate of drug-likeness (QED) is 0.843. The predicted molar refractivity (Wildman–Crippen MR) is 61.0 cm³/mol. The topological polar surface area (TPSA) is 61.0 Å². The van der Waals surface area contributed by atoms with Crippen LogP contribution in [-0.4, -0.2) is 16.5 Å². The van der Waals surface area contributed by atoms with Gasteiger partial charge in [-0.15, -0.1) is 0 Å². The molecule has 0 unspecified atom stereocenters. The highest BCUT2D eigenvalue weighted by molar-refractivity contribution is 7.09. The Balaban J connectivity index is 2.52. The van der Waals surface area contributed by atoms with Gasteiger partial charge in [0.1, 0.15) is 5.75 Å². The molecule has 0 spiro atoms. The molecular weight excluding hydrogens is 210 g/mol. The molecule has 4 nitrogen and oxygen atoms in total. The van der Waals surface area contributed by atoms with Crippen molar-refractivity contribution in [1.82, 2.24) is 9.36 Å². The molecule has 0 amide bonds. The summed E-state index contributed by atoms with van der Waals surface area (Å²) in [4.78, 5) is 4.12. The van der Waals surface area contributed by atoms with Crippen molar-refractivity contribution in [1.29, 1.82) is 0 Å². The number of aromatic nitrogens is 2.